The van der Waals surface area contributed by atoms with Gasteiger partial charge < -0.3 is 0 Å². The molecule has 2 heterocycles. The lowest BCUT2D eigenvalue weighted by atomic mass is 10.0. The standard InChI is InChI=1S/C22H24Si.2C4H4S/c1-4-23(5-2,6-3)15-14-18-12-9-13-21-16-19-10-7-8-11-20(19)17-22(18)21;2*1-2-4-5-3-1/h7-13,16-17H,4-6H2,1-3H3;2*1-4H. The second-order valence-electron chi connectivity index (χ2n) is 7.90. The number of hydrogen-bond acceptors (Lipinski definition) is 2. The van der Waals surface area contributed by atoms with Gasteiger partial charge in [-0.2, -0.15) is 22.7 Å². The second kappa shape index (κ2) is 13.2. The maximum absolute atomic E-state index is 3.73. The van der Waals surface area contributed by atoms with Crippen LogP contribution in [0.15, 0.2) is 100 Å². The Balaban J connectivity index is 0.000000250. The van der Waals surface area contributed by atoms with Gasteiger partial charge in [-0.1, -0.05) is 87.4 Å². The van der Waals surface area contributed by atoms with E-state index >= 15 is 0 Å². The molecule has 3 heteroatoms. The van der Waals surface area contributed by atoms with Gasteiger partial charge in [0, 0.05) is 5.56 Å². The average molecular weight is 485 g/mol. The van der Waals surface area contributed by atoms with Gasteiger partial charge in [0.1, 0.15) is 8.07 Å². The van der Waals surface area contributed by atoms with Crippen molar-refractivity contribution >= 4 is 52.3 Å². The molecule has 33 heavy (non-hydrogen) atoms. The molecule has 0 aliphatic carbocycles. The summed E-state index contributed by atoms with van der Waals surface area (Å²) in [6.07, 6.45) is 0. The largest absolute Gasteiger partial charge is 0.152 e. The molecule has 0 atom stereocenters. The number of hydrogen-bond donors (Lipinski definition) is 0. The second-order valence-corrected chi connectivity index (χ2v) is 14.5. The molecule has 5 aromatic rings. The van der Waals surface area contributed by atoms with Crippen LogP contribution < -0.4 is 0 Å². The van der Waals surface area contributed by atoms with Crippen molar-refractivity contribution in [3.63, 3.8) is 0 Å². The van der Waals surface area contributed by atoms with Crippen LogP contribution in [-0.2, 0) is 0 Å². The van der Waals surface area contributed by atoms with Crippen molar-refractivity contribution in [2.24, 2.45) is 0 Å². The van der Waals surface area contributed by atoms with Crippen LogP contribution in [0.4, 0.5) is 0 Å². The molecule has 0 bridgehead atoms. The molecule has 0 aliphatic rings. The normalized spacial score (nSPS) is 10.4. The summed E-state index contributed by atoms with van der Waals surface area (Å²) >= 11 is 3.43. The third-order valence-electron chi connectivity index (χ3n) is 6.09. The minimum Gasteiger partial charge on any atom is -0.152 e. The van der Waals surface area contributed by atoms with Gasteiger partial charge in [0.15, 0.2) is 0 Å². The summed E-state index contributed by atoms with van der Waals surface area (Å²) in [5.41, 5.74) is 4.91. The number of fused-ring (bicyclic) bond motifs is 2. The Hall–Kier alpha value is -2.64. The highest BCUT2D eigenvalue weighted by Crippen LogP contribution is 2.26. The average Bonchev–Trinajstić information content (AvgIpc) is 3.64. The molecule has 0 amide bonds. The summed E-state index contributed by atoms with van der Waals surface area (Å²) in [5.74, 6) is 3.56. The van der Waals surface area contributed by atoms with E-state index in [2.05, 4.69) is 86.8 Å². The van der Waals surface area contributed by atoms with E-state index in [-0.39, 0.29) is 0 Å². The zero-order valence-corrected chi connectivity index (χ0v) is 22.4. The van der Waals surface area contributed by atoms with E-state index in [4.69, 9.17) is 0 Å². The van der Waals surface area contributed by atoms with Crippen LogP contribution in [0.3, 0.4) is 0 Å². The lowest BCUT2D eigenvalue weighted by Gasteiger charge is -2.20. The number of rotatable bonds is 3. The number of benzene rings is 3. The van der Waals surface area contributed by atoms with Gasteiger partial charge in [0.25, 0.3) is 0 Å². The van der Waals surface area contributed by atoms with Gasteiger partial charge in [-0.25, -0.2) is 0 Å². The minimum absolute atomic E-state index is 1.18. The molecule has 0 unspecified atom stereocenters. The smallest absolute Gasteiger partial charge is 0.138 e. The molecule has 0 N–H and O–H groups in total. The monoisotopic (exact) mass is 484 g/mol. The van der Waals surface area contributed by atoms with Crippen LogP contribution in [0.25, 0.3) is 21.5 Å². The minimum atomic E-state index is -1.40. The molecule has 168 valence electrons. The summed E-state index contributed by atoms with van der Waals surface area (Å²) in [6.45, 7) is 6.93. The van der Waals surface area contributed by atoms with Crippen LogP contribution in [0.1, 0.15) is 26.3 Å². The highest BCUT2D eigenvalue weighted by Gasteiger charge is 2.24. The predicted molar refractivity (Wildman–Crippen MR) is 154 cm³/mol. The molecular weight excluding hydrogens is 453 g/mol. The van der Waals surface area contributed by atoms with E-state index in [9.17, 15) is 0 Å². The SMILES string of the molecule is CC[Si](C#Cc1cccc2cc3ccccc3cc12)(CC)CC.c1ccsc1.c1ccsc1. The first-order valence-electron chi connectivity index (χ1n) is 11.6. The van der Waals surface area contributed by atoms with Gasteiger partial charge in [-0.05, 0) is 79.4 Å². The van der Waals surface area contributed by atoms with Crippen LogP contribution in [0, 0.1) is 11.5 Å². The Morgan fingerprint density at radius 3 is 1.61 bits per heavy atom. The molecule has 5 rings (SSSR count). The molecule has 0 fully saturated rings. The molecular formula is C30H32S2Si. The topological polar surface area (TPSA) is 0 Å². The lowest BCUT2D eigenvalue weighted by molar-refractivity contribution is 1.20. The van der Waals surface area contributed by atoms with Crippen LogP contribution in [0.5, 0.6) is 0 Å². The predicted octanol–water partition coefficient (Wildman–Crippen LogP) is 9.89. The first-order valence-corrected chi connectivity index (χ1v) is 16.1. The zero-order valence-electron chi connectivity index (χ0n) is 19.8. The van der Waals surface area contributed by atoms with Gasteiger partial charge in [-0.3, -0.25) is 0 Å². The molecule has 0 saturated carbocycles. The van der Waals surface area contributed by atoms with Crippen LogP contribution >= 0.6 is 22.7 Å². The summed E-state index contributed by atoms with van der Waals surface area (Å²) < 4.78 is 0. The highest BCUT2D eigenvalue weighted by molar-refractivity contribution is 7.08. The Kier molecular flexibility index (Phi) is 9.96. The van der Waals surface area contributed by atoms with Crippen molar-refractivity contribution in [1.82, 2.24) is 0 Å². The molecule has 0 radical (unpaired) electrons. The maximum Gasteiger partial charge on any atom is 0.138 e. The van der Waals surface area contributed by atoms with Crippen LogP contribution in [-0.4, -0.2) is 8.07 Å². The Labute approximate surface area is 208 Å². The fourth-order valence-corrected chi connectivity index (χ4v) is 7.08. The van der Waals surface area contributed by atoms with Crippen molar-refractivity contribution < 1.29 is 0 Å². The van der Waals surface area contributed by atoms with E-state index in [0.29, 0.717) is 0 Å². The lowest BCUT2D eigenvalue weighted by Crippen LogP contribution is -2.29. The fraction of sp³-hybridized carbons (Fsp3) is 0.200. The molecule has 0 nitrogen and oxygen atoms in total. The zero-order chi connectivity index (χ0) is 23.4. The van der Waals surface area contributed by atoms with E-state index < -0.39 is 8.07 Å². The van der Waals surface area contributed by atoms with Crippen molar-refractivity contribution in [2.45, 2.75) is 38.9 Å². The van der Waals surface area contributed by atoms with Gasteiger partial charge in [0.05, 0.1) is 0 Å². The first kappa shape index (κ1) is 25.0. The molecule has 0 aliphatic heterocycles. The summed E-state index contributed by atoms with van der Waals surface area (Å²) in [5, 5.41) is 13.3. The van der Waals surface area contributed by atoms with Gasteiger partial charge in [0.2, 0.25) is 0 Å². The maximum atomic E-state index is 3.73. The van der Waals surface area contributed by atoms with Gasteiger partial charge in [-0.15, -0.1) is 5.54 Å². The summed E-state index contributed by atoms with van der Waals surface area (Å²) in [4.78, 5) is 0. The van der Waals surface area contributed by atoms with E-state index in [1.807, 2.05) is 45.8 Å². The fourth-order valence-electron chi connectivity index (χ4n) is 3.74. The molecule has 2 aromatic heterocycles. The Morgan fingerprint density at radius 1 is 0.606 bits per heavy atom. The Bertz CT molecular complexity index is 1200. The molecule has 3 aromatic carbocycles. The third-order valence-corrected chi connectivity index (χ3v) is 12.1. The van der Waals surface area contributed by atoms with E-state index in [0.717, 1.165) is 0 Å². The summed E-state index contributed by atoms with van der Waals surface area (Å²) in [7, 11) is -1.40. The van der Waals surface area contributed by atoms with Gasteiger partial charge >= 0.3 is 0 Å². The first-order chi connectivity index (χ1) is 16.2. The van der Waals surface area contributed by atoms with E-state index in [1.165, 1.54) is 45.2 Å². The molecule has 0 saturated heterocycles. The van der Waals surface area contributed by atoms with Crippen molar-refractivity contribution in [2.75, 3.05) is 0 Å². The van der Waals surface area contributed by atoms with Crippen LogP contribution in [0.2, 0.25) is 18.1 Å². The van der Waals surface area contributed by atoms with E-state index in [1.54, 1.807) is 22.7 Å². The summed E-state index contributed by atoms with van der Waals surface area (Å²) in [6, 6.07) is 31.5. The van der Waals surface area contributed by atoms with Crippen molar-refractivity contribution in [3.05, 3.63) is 106 Å². The number of thiophene rings is 2. The van der Waals surface area contributed by atoms with Crippen molar-refractivity contribution in [1.29, 1.82) is 0 Å². The third kappa shape index (κ3) is 7.17. The molecule has 0 spiro atoms. The highest BCUT2D eigenvalue weighted by atomic mass is 32.1. The van der Waals surface area contributed by atoms with Crippen molar-refractivity contribution in [3.8, 4) is 11.5 Å². The quantitative estimate of drug-likeness (QED) is 0.136. The Morgan fingerprint density at radius 2 is 1.12 bits per heavy atom.